The highest BCUT2D eigenvalue weighted by Gasteiger charge is 2.23. The van der Waals surface area contributed by atoms with Crippen LogP contribution < -0.4 is 5.32 Å². The standard InChI is InChI=1S/C20H21FN6/c21-17-5-3-15(4-6-17)13-27-11-1-2-16(14-27)18-7-8-24-20(25-18)26-19-12-22-9-10-23-19/h3-10,12,16H,1-2,11,13-14H2,(H,23,24,25,26)/t16-/m1/s1. The van der Waals surface area contributed by atoms with E-state index in [0.29, 0.717) is 17.7 Å². The van der Waals surface area contributed by atoms with E-state index in [1.54, 1.807) is 24.8 Å². The molecular weight excluding hydrogens is 343 g/mol. The maximum atomic E-state index is 13.1. The molecule has 1 N–H and O–H groups in total. The van der Waals surface area contributed by atoms with Crippen LogP contribution in [-0.4, -0.2) is 37.9 Å². The Balaban J connectivity index is 1.43. The third-order valence-electron chi connectivity index (χ3n) is 4.72. The van der Waals surface area contributed by atoms with Gasteiger partial charge in [-0.3, -0.25) is 9.88 Å². The summed E-state index contributed by atoms with van der Waals surface area (Å²) in [6, 6.07) is 8.73. The van der Waals surface area contributed by atoms with E-state index in [1.165, 1.54) is 12.1 Å². The van der Waals surface area contributed by atoms with Crippen molar-refractivity contribution >= 4 is 11.8 Å². The number of rotatable bonds is 5. The van der Waals surface area contributed by atoms with Crippen molar-refractivity contribution in [3.8, 4) is 0 Å². The molecule has 1 saturated heterocycles. The van der Waals surface area contributed by atoms with E-state index in [-0.39, 0.29) is 5.82 Å². The molecule has 1 atom stereocenters. The number of aromatic nitrogens is 4. The number of likely N-dealkylation sites (tertiary alicyclic amines) is 1. The second-order valence-corrected chi connectivity index (χ2v) is 6.72. The lowest BCUT2D eigenvalue weighted by molar-refractivity contribution is 0.198. The molecule has 1 aromatic carbocycles. The molecule has 1 aliphatic rings. The molecule has 0 unspecified atom stereocenters. The summed E-state index contributed by atoms with van der Waals surface area (Å²) in [5.41, 5.74) is 2.16. The van der Waals surface area contributed by atoms with Crippen LogP contribution in [0.2, 0.25) is 0 Å². The SMILES string of the molecule is Fc1ccc(CN2CCC[C@@H](c3ccnc(Nc4cnccn4)n3)C2)cc1. The number of nitrogens with zero attached hydrogens (tertiary/aromatic N) is 5. The Kier molecular flexibility index (Phi) is 5.29. The van der Waals surface area contributed by atoms with Gasteiger partial charge in [-0.1, -0.05) is 12.1 Å². The molecule has 0 bridgehead atoms. The van der Waals surface area contributed by atoms with Crippen molar-refractivity contribution in [3.63, 3.8) is 0 Å². The van der Waals surface area contributed by atoms with Crippen LogP contribution >= 0.6 is 0 Å². The summed E-state index contributed by atoms with van der Waals surface area (Å²) in [4.78, 5) is 19.6. The molecule has 1 aliphatic heterocycles. The van der Waals surface area contributed by atoms with Crippen LogP contribution in [-0.2, 0) is 6.54 Å². The van der Waals surface area contributed by atoms with E-state index < -0.39 is 0 Å². The van der Waals surface area contributed by atoms with Crippen LogP contribution in [0, 0.1) is 5.82 Å². The van der Waals surface area contributed by atoms with Crippen molar-refractivity contribution in [2.75, 3.05) is 18.4 Å². The van der Waals surface area contributed by atoms with Crippen LogP contribution in [0.15, 0.2) is 55.1 Å². The molecular formula is C20H21FN6. The van der Waals surface area contributed by atoms with Gasteiger partial charge in [-0.05, 0) is 43.1 Å². The maximum Gasteiger partial charge on any atom is 0.228 e. The number of nitrogens with one attached hydrogen (secondary N) is 1. The first-order valence-corrected chi connectivity index (χ1v) is 9.09. The monoisotopic (exact) mass is 364 g/mol. The first-order chi connectivity index (χ1) is 13.3. The molecule has 0 radical (unpaired) electrons. The third kappa shape index (κ3) is 4.62. The molecule has 7 heteroatoms. The van der Waals surface area contributed by atoms with Gasteiger partial charge in [-0.2, -0.15) is 0 Å². The lowest BCUT2D eigenvalue weighted by Crippen LogP contribution is -2.34. The lowest BCUT2D eigenvalue weighted by atomic mass is 9.94. The van der Waals surface area contributed by atoms with Crippen LogP contribution in [0.3, 0.4) is 0 Å². The number of anilines is 2. The number of halogens is 1. The average molecular weight is 364 g/mol. The Morgan fingerprint density at radius 3 is 2.78 bits per heavy atom. The summed E-state index contributed by atoms with van der Waals surface area (Å²) < 4.78 is 13.1. The van der Waals surface area contributed by atoms with Gasteiger partial charge < -0.3 is 5.32 Å². The largest absolute Gasteiger partial charge is 0.307 e. The Bertz CT molecular complexity index is 871. The van der Waals surface area contributed by atoms with Gasteiger partial charge in [0.25, 0.3) is 0 Å². The normalized spacial score (nSPS) is 17.6. The molecule has 4 rings (SSSR count). The zero-order valence-corrected chi connectivity index (χ0v) is 14.9. The van der Waals surface area contributed by atoms with Crippen LogP contribution in [0.25, 0.3) is 0 Å². The van der Waals surface area contributed by atoms with E-state index in [2.05, 4.69) is 30.2 Å². The van der Waals surface area contributed by atoms with Crippen LogP contribution in [0.5, 0.6) is 0 Å². The first-order valence-electron chi connectivity index (χ1n) is 9.09. The fraction of sp³-hybridized carbons (Fsp3) is 0.300. The van der Waals surface area contributed by atoms with Gasteiger partial charge in [0.15, 0.2) is 5.82 Å². The Hall–Kier alpha value is -2.93. The number of hydrogen-bond acceptors (Lipinski definition) is 6. The highest BCUT2D eigenvalue weighted by Crippen LogP contribution is 2.27. The van der Waals surface area contributed by atoms with E-state index >= 15 is 0 Å². The summed E-state index contributed by atoms with van der Waals surface area (Å²) in [5, 5.41) is 3.09. The molecule has 0 spiro atoms. The Labute approximate surface area is 157 Å². The topological polar surface area (TPSA) is 66.8 Å². The molecule has 0 saturated carbocycles. The molecule has 0 aliphatic carbocycles. The molecule has 27 heavy (non-hydrogen) atoms. The molecule has 3 aromatic rings. The number of hydrogen-bond donors (Lipinski definition) is 1. The second kappa shape index (κ2) is 8.18. The van der Waals surface area contributed by atoms with Gasteiger partial charge in [-0.25, -0.2) is 19.3 Å². The van der Waals surface area contributed by atoms with E-state index in [0.717, 1.165) is 43.7 Å². The van der Waals surface area contributed by atoms with Crippen molar-refractivity contribution in [3.05, 3.63) is 72.2 Å². The zero-order chi connectivity index (χ0) is 18.5. The second-order valence-electron chi connectivity index (χ2n) is 6.72. The molecule has 6 nitrogen and oxygen atoms in total. The fourth-order valence-corrected chi connectivity index (χ4v) is 3.43. The minimum Gasteiger partial charge on any atom is -0.307 e. The summed E-state index contributed by atoms with van der Waals surface area (Å²) in [7, 11) is 0. The summed E-state index contributed by atoms with van der Waals surface area (Å²) >= 11 is 0. The summed E-state index contributed by atoms with van der Waals surface area (Å²) in [6.45, 7) is 2.80. The van der Waals surface area contributed by atoms with E-state index in [4.69, 9.17) is 0 Å². The number of benzene rings is 1. The van der Waals surface area contributed by atoms with Gasteiger partial charge in [0, 0.05) is 37.6 Å². The highest BCUT2D eigenvalue weighted by atomic mass is 19.1. The van der Waals surface area contributed by atoms with Crippen molar-refractivity contribution in [1.82, 2.24) is 24.8 Å². The third-order valence-corrected chi connectivity index (χ3v) is 4.72. The van der Waals surface area contributed by atoms with E-state index in [1.807, 2.05) is 18.2 Å². The molecule has 0 amide bonds. The van der Waals surface area contributed by atoms with Crippen molar-refractivity contribution in [2.24, 2.45) is 0 Å². The van der Waals surface area contributed by atoms with E-state index in [9.17, 15) is 4.39 Å². The van der Waals surface area contributed by atoms with Crippen molar-refractivity contribution in [1.29, 1.82) is 0 Å². The van der Waals surface area contributed by atoms with Gasteiger partial charge in [-0.15, -0.1) is 0 Å². The van der Waals surface area contributed by atoms with Crippen LogP contribution in [0.1, 0.15) is 30.0 Å². The lowest BCUT2D eigenvalue weighted by Gasteiger charge is -2.32. The molecule has 138 valence electrons. The predicted molar refractivity (Wildman–Crippen MR) is 101 cm³/mol. The van der Waals surface area contributed by atoms with Crippen molar-refractivity contribution < 1.29 is 4.39 Å². The molecule has 1 fully saturated rings. The first kappa shape index (κ1) is 17.5. The predicted octanol–water partition coefficient (Wildman–Crippen LogP) is 3.53. The van der Waals surface area contributed by atoms with Gasteiger partial charge in [0.1, 0.15) is 5.82 Å². The number of piperidine rings is 1. The quantitative estimate of drug-likeness (QED) is 0.747. The van der Waals surface area contributed by atoms with Crippen molar-refractivity contribution in [2.45, 2.75) is 25.3 Å². The van der Waals surface area contributed by atoms with Gasteiger partial charge in [0.05, 0.1) is 11.9 Å². The Morgan fingerprint density at radius 1 is 1.07 bits per heavy atom. The molecule has 2 aromatic heterocycles. The maximum absolute atomic E-state index is 13.1. The molecule has 3 heterocycles. The van der Waals surface area contributed by atoms with Gasteiger partial charge in [0.2, 0.25) is 5.95 Å². The minimum absolute atomic E-state index is 0.195. The summed E-state index contributed by atoms with van der Waals surface area (Å²) in [5.74, 6) is 1.31. The average Bonchev–Trinajstić information content (AvgIpc) is 2.71. The fourth-order valence-electron chi connectivity index (χ4n) is 3.43. The minimum atomic E-state index is -0.195. The van der Waals surface area contributed by atoms with Gasteiger partial charge >= 0.3 is 0 Å². The smallest absolute Gasteiger partial charge is 0.228 e. The summed E-state index contributed by atoms with van der Waals surface area (Å²) in [6.07, 6.45) is 8.88. The Morgan fingerprint density at radius 2 is 1.96 bits per heavy atom. The zero-order valence-electron chi connectivity index (χ0n) is 14.9. The van der Waals surface area contributed by atoms with Crippen LogP contribution in [0.4, 0.5) is 16.2 Å². The highest BCUT2D eigenvalue weighted by molar-refractivity contribution is 5.45.